The fraction of sp³-hybridized carbons (Fsp3) is 0.312. The fourth-order valence-electron chi connectivity index (χ4n) is 5.28. The molecule has 2 aliphatic rings. The fourth-order valence-corrected chi connectivity index (χ4v) is 5.28. The van der Waals surface area contributed by atoms with Crippen LogP contribution >= 0.6 is 0 Å². The standard InChI is InChI=1S/C32H36N4O2/c1-3-28(34-26-15-12-23(13-16-26)21-36-18-8-5-9-19-36)30-27-20-25(14-17-29(27)35-32(30)38)31(37)33-22(2)24-10-6-4-7-11-24/h4,6-7,10-17,20,22,34H,3,5,8-9,18-19,21H2,1-2H3,(H,33,37)(H,35,38)/b30-28-/t22-/m1/s1. The summed E-state index contributed by atoms with van der Waals surface area (Å²) in [4.78, 5) is 28.6. The zero-order valence-electron chi connectivity index (χ0n) is 22.2. The summed E-state index contributed by atoms with van der Waals surface area (Å²) in [5.41, 5.74) is 6.71. The van der Waals surface area contributed by atoms with Crippen molar-refractivity contribution >= 4 is 28.8 Å². The second-order valence-corrected chi connectivity index (χ2v) is 10.2. The lowest BCUT2D eigenvalue weighted by molar-refractivity contribution is -0.110. The quantitative estimate of drug-likeness (QED) is 0.310. The highest BCUT2D eigenvalue weighted by Gasteiger charge is 2.28. The summed E-state index contributed by atoms with van der Waals surface area (Å²) in [5, 5.41) is 9.51. The van der Waals surface area contributed by atoms with Gasteiger partial charge in [0.25, 0.3) is 11.8 Å². The molecule has 2 aliphatic heterocycles. The number of hydrogen-bond acceptors (Lipinski definition) is 4. The van der Waals surface area contributed by atoms with Crippen molar-refractivity contribution in [3.05, 3.63) is 101 Å². The Hall–Kier alpha value is -3.90. The van der Waals surface area contributed by atoms with Crippen LogP contribution in [0.25, 0.3) is 5.57 Å². The Bertz CT molecular complexity index is 1330. The van der Waals surface area contributed by atoms with Crippen molar-refractivity contribution in [1.82, 2.24) is 10.2 Å². The SMILES string of the molecule is CC/C(Nc1ccc(CN2CCCCC2)cc1)=C1/C(=O)Nc2ccc(C(=O)N[C@H](C)c3ccccc3)cc21. The number of likely N-dealkylation sites (tertiary alicyclic amines) is 1. The molecule has 1 atom stereocenters. The van der Waals surface area contributed by atoms with Gasteiger partial charge in [-0.1, -0.05) is 55.8 Å². The Balaban J connectivity index is 1.34. The summed E-state index contributed by atoms with van der Waals surface area (Å²) in [6.07, 6.45) is 4.56. The van der Waals surface area contributed by atoms with Crippen LogP contribution in [0.4, 0.5) is 11.4 Å². The molecule has 2 heterocycles. The summed E-state index contributed by atoms with van der Waals surface area (Å²) in [5.74, 6) is -0.320. The number of rotatable bonds is 8. The van der Waals surface area contributed by atoms with E-state index >= 15 is 0 Å². The van der Waals surface area contributed by atoms with Gasteiger partial charge < -0.3 is 16.0 Å². The van der Waals surface area contributed by atoms with Crippen molar-refractivity contribution in [3.8, 4) is 0 Å². The lowest BCUT2D eigenvalue weighted by Gasteiger charge is -2.26. The van der Waals surface area contributed by atoms with Crippen molar-refractivity contribution in [2.45, 2.75) is 52.1 Å². The van der Waals surface area contributed by atoms with E-state index in [0.29, 0.717) is 17.6 Å². The van der Waals surface area contributed by atoms with E-state index in [1.807, 2.05) is 56.3 Å². The van der Waals surface area contributed by atoms with Gasteiger partial charge in [0.1, 0.15) is 0 Å². The Morgan fingerprint density at radius 1 is 0.974 bits per heavy atom. The maximum atomic E-state index is 13.1. The van der Waals surface area contributed by atoms with Crippen LogP contribution in [0.2, 0.25) is 0 Å². The second kappa shape index (κ2) is 11.7. The van der Waals surface area contributed by atoms with Crippen LogP contribution in [0, 0.1) is 0 Å². The minimum absolute atomic E-state index is 0.127. The van der Waals surface area contributed by atoms with Gasteiger partial charge in [0, 0.05) is 34.7 Å². The first kappa shape index (κ1) is 25.7. The molecule has 0 aliphatic carbocycles. The second-order valence-electron chi connectivity index (χ2n) is 10.2. The third-order valence-electron chi connectivity index (χ3n) is 7.43. The smallest absolute Gasteiger partial charge is 0.258 e. The van der Waals surface area contributed by atoms with E-state index in [1.165, 1.54) is 37.9 Å². The predicted molar refractivity (Wildman–Crippen MR) is 154 cm³/mol. The Morgan fingerprint density at radius 3 is 2.42 bits per heavy atom. The van der Waals surface area contributed by atoms with Crippen molar-refractivity contribution in [2.24, 2.45) is 0 Å². The first-order valence-corrected chi connectivity index (χ1v) is 13.6. The lowest BCUT2D eigenvalue weighted by Crippen LogP contribution is -2.29. The monoisotopic (exact) mass is 508 g/mol. The number of nitrogens with one attached hydrogen (secondary N) is 3. The number of carbonyl (C=O) groups excluding carboxylic acids is 2. The molecule has 6 heteroatoms. The summed E-state index contributed by atoms with van der Waals surface area (Å²) in [6.45, 7) is 7.32. The van der Waals surface area contributed by atoms with Gasteiger partial charge in [-0.05, 0) is 80.7 Å². The molecule has 6 nitrogen and oxygen atoms in total. The first-order valence-electron chi connectivity index (χ1n) is 13.6. The van der Waals surface area contributed by atoms with E-state index in [4.69, 9.17) is 0 Å². The predicted octanol–water partition coefficient (Wildman–Crippen LogP) is 6.35. The van der Waals surface area contributed by atoms with Gasteiger partial charge >= 0.3 is 0 Å². The molecule has 38 heavy (non-hydrogen) atoms. The van der Waals surface area contributed by atoms with Crippen LogP contribution in [0.15, 0.2) is 78.5 Å². The third-order valence-corrected chi connectivity index (χ3v) is 7.43. The molecule has 2 amide bonds. The van der Waals surface area contributed by atoms with Crippen LogP contribution in [0.1, 0.15) is 72.6 Å². The topological polar surface area (TPSA) is 73.5 Å². The van der Waals surface area contributed by atoms with E-state index in [2.05, 4.69) is 45.1 Å². The minimum Gasteiger partial charge on any atom is -0.358 e. The van der Waals surface area contributed by atoms with Crippen molar-refractivity contribution < 1.29 is 9.59 Å². The Kier molecular flexibility index (Phi) is 7.89. The normalized spacial score (nSPS) is 17.4. The molecule has 1 saturated heterocycles. The highest BCUT2D eigenvalue weighted by Crippen LogP contribution is 2.36. The van der Waals surface area contributed by atoms with E-state index in [1.54, 1.807) is 6.07 Å². The Morgan fingerprint density at radius 2 is 1.71 bits per heavy atom. The molecule has 0 radical (unpaired) electrons. The molecule has 1 fully saturated rings. The average molecular weight is 509 g/mol. The summed E-state index contributed by atoms with van der Waals surface area (Å²) < 4.78 is 0. The number of amides is 2. The highest BCUT2D eigenvalue weighted by atomic mass is 16.2. The van der Waals surface area contributed by atoms with Crippen molar-refractivity contribution in [1.29, 1.82) is 0 Å². The summed E-state index contributed by atoms with van der Waals surface area (Å²) in [6, 6.07) is 23.6. The molecular formula is C32H36N4O2. The molecule has 0 spiro atoms. The van der Waals surface area contributed by atoms with E-state index in [9.17, 15) is 9.59 Å². The maximum Gasteiger partial charge on any atom is 0.258 e. The molecule has 0 unspecified atom stereocenters. The van der Waals surface area contributed by atoms with Crippen LogP contribution in [0.5, 0.6) is 0 Å². The van der Waals surface area contributed by atoms with Gasteiger partial charge in [0.15, 0.2) is 0 Å². The van der Waals surface area contributed by atoms with E-state index in [-0.39, 0.29) is 17.9 Å². The number of allylic oxidation sites excluding steroid dienone is 1. The van der Waals surface area contributed by atoms with E-state index in [0.717, 1.165) is 34.7 Å². The zero-order valence-corrected chi connectivity index (χ0v) is 22.2. The first-order chi connectivity index (χ1) is 18.5. The van der Waals surface area contributed by atoms with Crippen LogP contribution < -0.4 is 16.0 Å². The summed E-state index contributed by atoms with van der Waals surface area (Å²) >= 11 is 0. The van der Waals surface area contributed by atoms with Gasteiger partial charge in [-0.15, -0.1) is 0 Å². The third kappa shape index (κ3) is 5.81. The molecule has 3 aromatic rings. The van der Waals surface area contributed by atoms with Gasteiger partial charge in [-0.3, -0.25) is 14.5 Å². The molecule has 0 bridgehead atoms. The number of carbonyl (C=O) groups is 2. The molecule has 0 aromatic heterocycles. The molecule has 5 rings (SSSR count). The van der Waals surface area contributed by atoms with Gasteiger partial charge in [0.2, 0.25) is 0 Å². The maximum absolute atomic E-state index is 13.1. The van der Waals surface area contributed by atoms with Crippen molar-refractivity contribution in [3.63, 3.8) is 0 Å². The van der Waals surface area contributed by atoms with Gasteiger partial charge in [-0.25, -0.2) is 0 Å². The average Bonchev–Trinajstić information content (AvgIpc) is 3.28. The number of hydrogen-bond donors (Lipinski definition) is 3. The van der Waals surface area contributed by atoms with Crippen LogP contribution in [0.3, 0.4) is 0 Å². The van der Waals surface area contributed by atoms with E-state index < -0.39 is 0 Å². The van der Waals surface area contributed by atoms with Crippen LogP contribution in [-0.4, -0.2) is 29.8 Å². The zero-order chi connectivity index (χ0) is 26.5. The molecule has 3 N–H and O–H groups in total. The molecule has 0 saturated carbocycles. The Labute approximate surface area is 225 Å². The molecule has 3 aromatic carbocycles. The molecule has 196 valence electrons. The largest absolute Gasteiger partial charge is 0.358 e. The van der Waals surface area contributed by atoms with Crippen molar-refractivity contribution in [2.75, 3.05) is 23.7 Å². The van der Waals surface area contributed by atoms with Crippen LogP contribution in [-0.2, 0) is 11.3 Å². The van der Waals surface area contributed by atoms with Gasteiger partial charge in [-0.2, -0.15) is 0 Å². The lowest BCUT2D eigenvalue weighted by atomic mass is 10.00. The number of piperidine rings is 1. The highest BCUT2D eigenvalue weighted by molar-refractivity contribution is 6.32. The summed E-state index contributed by atoms with van der Waals surface area (Å²) in [7, 11) is 0. The number of benzene rings is 3. The molecular weight excluding hydrogens is 472 g/mol. The minimum atomic E-state index is -0.168. The number of fused-ring (bicyclic) bond motifs is 1. The number of anilines is 2. The number of nitrogens with zero attached hydrogens (tertiary/aromatic N) is 1. The van der Waals surface area contributed by atoms with Gasteiger partial charge in [0.05, 0.1) is 11.6 Å².